The maximum Gasteiger partial charge on any atom is 0.315 e. The number of urea groups is 1. The molecule has 1 unspecified atom stereocenters. The lowest BCUT2D eigenvalue weighted by molar-refractivity contribution is -0.138. The van der Waals surface area contributed by atoms with E-state index in [1.165, 1.54) is 0 Å². The van der Waals surface area contributed by atoms with Gasteiger partial charge in [-0.2, -0.15) is 5.21 Å². The number of hydrogen-bond acceptors (Lipinski definition) is 5. The van der Waals surface area contributed by atoms with Crippen LogP contribution in [0.5, 0.6) is 0 Å². The lowest BCUT2D eigenvalue weighted by Crippen LogP contribution is -2.49. The van der Waals surface area contributed by atoms with Crippen LogP contribution in [0.15, 0.2) is 0 Å². The highest BCUT2D eigenvalue weighted by atomic mass is 16.4. The fraction of sp³-hybridized carbons (Fsp3) is 0.667. The number of nitrogens with one attached hydrogen (secondary N) is 3. The summed E-state index contributed by atoms with van der Waals surface area (Å²) < 4.78 is 0. The van der Waals surface area contributed by atoms with E-state index in [1.807, 2.05) is 0 Å². The van der Waals surface area contributed by atoms with Crippen molar-refractivity contribution in [1.82, 2.24) is 31.3 Å². The molecule has 9 heteroatoms. The molecule has 0 aliphatic carbocycles. The molecule has 0 aliphatic heterocycles. The van der Waals surface area contributed by atoms with Crippen LogP contribution < -0.4 is 10.6 Å². The van der Waals surface area contributed by atoms with Crippen molar-refractivity contribution in [3.05, 3.63) is 5.82 Å². The Kier molecular flexibility index (Phi) is 4.18. The third kappa shape index (κ3) is 4.36. The number of H-pyrrole nitrogens is 1. The summed E-state index contributed by atoms with van der Waals surface area (Å²) in [5.41, 5.74) is -0.840. The second kappa shape index (κ2) is 5.43. The van der Waals surface area contributed by atoms with Crippen LogP contribution in [-0.2, 0) is 4.79 Å². The van der Waals surface area contributed by atoms with E-state index in [4.69, 9.17) is 5.11 Å². The van der Waals surface area contributed by atoms with Crippen molar-refractivity contribution < 1.29 is 14.7 Å². The minimum absolute atomic E-state index is 0.170. The molecule has 0 radical (unpaired) electrons. The molecule has 18 heavy (non-hydrogen) atoms. The van der Waals surface area contributed by atoms with E-state index in [0.29, 0.717) is 5.82 Å². The molecule has 1 heterocycles. The van der Waals surface area contributed by atoms with Gasteiger partial charge in [-0.3, -0.25) is 4.79 Å². The van der Waals surface area contributed by atoms with Crippen LogP contribution in [0.1, 0.15) is 39.1 Å². The normalized spacial score (nSPS) is 12.8. The number of amides is 2. The zero-order valence-corrected chi connectivity index (χ0v) is 10.4. The number of hydrogen-bond donors (Lipinski definition) is 4. The van der Waals surface area contributed by atoms with Gasteiger partial charge in [-0.05, 0) is 20.8 Å². The summed E-state index contributed by atoms with van der Waals surface area (Å²) in [6.45, 7) is 4.94. The average molecular weight is 256 g/mol. The zero-order valence-electron chi connectivity index (χ0n) is 10.4. The van der Waals surface area contributed by atoms with E-state index in [-0.39, 0.29) is 6.42 Å². The SMILES string of the molecule is CC(NC(=O)NC(C)(C)CC(=O)O)c1nn[nH]n1. The number of carbonyl (C=O) groups excluding carboxylic acids is 1. The Morgan fingerprint density at radius 3 is 2.67 bits per heavy atom. The maximum atomic E-state index is 11.6. The van der Waals surface area contributed by atoms with Crippen molar-refractivity contribution in [2.24, 2.45) is 0 Å². The van der Waals surface area contributed by atoms with E-state index in [0.717, 1.165) is 0 Å². The molecular formula is C9H16N6O3. The van der Waals surface area contributed by atoms with Crippen molar-refractivity contribution in [3.63, 3.8) is 0 Å². The molecule has 4 N–H and O–H groups in total. The number of aliphatic carboxylic acids is 1. The minimum atomic E-state index is -0.980. The van der Waals surface area contributed by atoms with E-state index in [1.54, 1.807) is 20.8 Å². The number of tetrazole rings is 1. The van der Waals surface area contributed by atoms with Crippen LogP contribution in [0.2, 0.25) is 0 Å². The van der Waals surface area contributed by atoms with Crippen LogP contribution in [0.3, 0.4) is 0 Å². The van der Waals surface area contributed by atoms with Gasteiger partial charge in [-0.25, -0.2) is 4.79 Å². The second-order valence-electron chi connectivity index (χ2n) is 4.54. The molecule has 0 saturated carbocycles. The van der Waals surface area contributed by atoms with Gasteiger partial charge >= 0.3 is 12.0 Å². The number of aromatic nitrogens is 4. The molecule has 0 aromatic carbocycles. The van der Waals surface area contributed by atoms with Crippen molar-refractivity contribution in [2.45, 2.75) is 38.8 Å². The number of carboxylic acids is 1. The first kappa shape index (κ1) is 13.9. The number of rotatable bonds is 5. The monoisotopic (exact) mass is 256 g/mol. The van der Waals surface area contributed by atoms with E-state index in [9.17, 15) is 9.59 Å². The molecule has 1 aromatic rings. The standard InChI is InChI=1S/C9H16N6O3/c1-5(7-12-14-15-13-7)10-8(18)11-9(2,3)4-6(16)17/h5H,4H2,1-3H3,(H,16,17)(H2,10,11,18)(H,12,13,14,15). The quantitative estimate of drug-likeness (QED) is 0.577. The van der Waals surface area contributed by atoms with Crippen LogP contribution in [0, 0.1) is 0 Å². The van der Waals surface area contributed by atoms with Gasteiger partial charge in [0.1, 0.15) is 0 Å². The van der Waals surface area contributed by atoms with E-state index >= 15 is 0 Å². The molecule has 0 spiro atoms. The summed E-state index contributed by atoms with van der Waals surface area (Å²) in [6.07, 6.45) is -0.170. The lowest BCUT2D eigenvalue weighted by atomic mass is 10.0. The van der Waals surface area contributed by atoms with Crippen molar-refractivity contribution in [3.8, 4) is 0 Å². The van der Waals surface area contributed by atoms with Gasteiger partial charge < -0.3 is 15.7 Å². The Labute approximate surface area is 103 Å². The minimum Gasteiger partial charge on any atom is -0.481 e. The first-order chi connectivity index (χ1) is 8.30. The molecular weight excluding hydrogens is 240 g/mol. The van der Waals surface area contributed by atoms with E-state index < -0.39 is 23.6 Å². The third-order valence-corrected chi connectivity index (χ3v) is 2.14. The number of carbonyl (C=O) groups is 2. The molecule has 1 aromatic heterocycles. The van der Waals surface area contributed by atoms with Crippen molar-refractivity contribution in [1.29, 1.82) is 0 Å². The average Bonchev–Trinajstić information content (AvgIpc) is 2.65. The summed E-state index contributed by atoms with van der Waals surface area (Å²) in [5.74, 6) is -0.632. The molecule has 0 fully saturated rings. The number of aromatic amines is 1. The summed E-state index contributed by atoms with van der Waals surface area (Å²) in [7, 11) is 0. The summed E-state index contributed by atoms with van der Waals surface area (Å²) in [4.78, 5) is 22.2. The van der Waals surface area contributed by atoms with Crippen LogP contribution >= 0.6 is 0 Å². The Morgan fingerprint density at radius 2 is 2.17 bits per heavy atom. The Hall–Kier alpha value is -2.19. The molecule has 100 valence electrons. The highest BCUT2D eigenvalue weighted by Gasteiger charge is 2.25. The van der Waals surface area contributed by atoms with Crippen molar-refractivity contribution >= 4 is 12.0 Å². The van der Waals surface area contributed by atoms with Crippen molar-refractivity contribution in [2.75, 3.05) is 0 Å². The molecule has 2 amide bonds. The molecule has 1 atom stereocenters. The van der Waals surface area contributed by atoms with Gasteiger partial charge in [0.2, 0.25) is 0 Å². The third-order valence-electron chi connectivity index (χ3n) is 2.14. The van der Waals surface area contributed by atoms with Gasteiger partial charge in [-0.15, -0.1) is 10.2 Å². The molecule has 1 rings (SSSR count). The first-order valence-corrected chi connectivity index (χ1v) is 5.34. The van der Waals surface area contributed by atoms with Crippen LogP contribution in [-0.4, -0.2) is 43.3 Å². The highest BCUT2D eigenvalue weighted by Crippen LogP contribution is 2.09. The first-order valence-electron chi connectivity index (χ1n) is 5.34. The van der Waals surface area contributed by atoms with Gasteiger partial charge in [-0.1, -0.05) is 5.21 Å². The van der Waals surface area contributed by atoms with E-state index in [2.05, 4.69) is 31.3 Å². The van der Waals surface area contributed by atoms with Gasteiger partial charge in [0.25, 0.3) is 0 Å². The number of nitrogens with zero attached hydrogens (tertiary/aromatic N) is 3. The van der Waals surface area contributed by atoms with Gasteiger partial charge in [0.05, 0.1) is 12.5 Å². The Bertz CT molecular complexity index is 416. The maximum absolute atomic E-state index is 11.6. The molecule has 0 saturated heterocycles. The fourth-order valence-electron chi connectivity index (χ4n) is 1.38. The smallest absolute Gasteiger partial charge is 0.315 e. The number of carboxylic acid groups (broad SMARTS) is 1. The summed E-state index contributed by atoms with van der Waals surface area (Å²) >= 11 is 0. The van der Waals surface area contributed by atoms with Crippen LogP contribution in [0.25, 0.3) is 0 Å². The molecule has 0 bridgehead atoms. The molecule has 9 nitrogen and oxygen atoms in total. The fourth-order valence-corrected chi connectivity index (χ4v) is 1.38. The predicted molar refractivity (Wildman–Crippen MR) is 60.6 cm³/mol. The highest BCUT2D eigenvalue weighted by molar-refractivity contribution is 5.76. The second-order valence-corrected chi connectivity index (χ2v) is 4.54. The topological polar surface area (TPSA) is 133 Å². The Morgan fingerprint density at radius 1 is 1.50 bits per heavy atom. The summed E-state index contributed by atoms with van der Waals surface area (Å²) in [5, 5.41) is 27.0. The zero-order chi connectivity index (χ0) is 13.8. The molecule has 0 aliphatic rings. The lowest BCUT2D eigenvalue weighted by Gasteiger charge is -2.25. The predicted octanol–water partition coefficient (Wildman–Crippen LogP) is -0.187. The summed E-state index contributed by atoms with van der Waals surface area (Å²) in [6, 6.07) is -0.914. The van der Waals surface area contributed by atoms with Gasteiger partial charge in [0.15, 0.2) is 5.82 Å². The Balaban J connectivity index is 2.49. The van der Waals surface area contributed by atoms with Gasteiger partial charge in [0, 0.05) is 5.54 Å². The largest absolute Gasteiger partial charge is 0.481 e. The van der Waals surface area contributed by atoms with Crippen LogP contribution in [0.4, 0.5) is 4.79 Å².